The van der Waals surface area contributed by atoms with Crippen molar-refractivity contribution in [1.82, 2.24) is 9.88 Å². The van der Waals surface area contributed by atoms with Crippen molar-refractivity contribution in [3.63, 3.8) is 0 Å². The smallest absolute Gasteiger partial charge is 0.0775 e. The summed E-state index contributed by atoms with van der Waals surface area (Å²) in [6.07, 6.45) is 5.56. The highest BCUT2D eigenvalue weighted by atomic mass is 16.3. The Kier molecular flexibility index (Phi) is 4.32. The Morgan fingerprint density at radius 1 is 1.27 bits per heavy atom. The molecule has 4 nitrogen and oxygen atoms in total. The summed E-state index contributed by atoms with van der Waals surface area (Å²) < 4.78 is 0. The summed E-state index contributed by atoms with van der Waals surface area (Å²) in [6, 6.07) is 10.8. The number of aliphatic hydroxyl groups is 1. The van der Waals surface area contributed by atoms with Crippen molar-refractivity contribution >= 4 is 16.6 Å². The molecule has 3 rings (SSSR count). The first-order valence-electron chi connectivity index (χ1n) is 8.03. The van der Waals surface area contributed by atoms with E-state index in [9.17, 15) is 5.11 Å². The second kappa shape index (κ2) is 6.23. The van der Waals surface area contributed by atoms with E-state index in [1.807, 2.05) is 26.4 Å². The Morgan fingerprint density at radius 3 is 2.77 bits per heavy atom. The molecule has 1 saturated carbocycles. The van der Waals surface area contributed by atoms with Gasteiger partial charge in [0.05, 0.1) is 11.1 Å². The number of likely N-dealkylation sites (N-methyl/N-ethyl adjacent to an activating group) is 1. The van der Waals surface area contributed by atoms with Crippen LogP contribution in [-0.2, 0) is 0 Å². The zero-order chi connectivity index (χ0) is 15.6. The average Bonchev–Trinajstić information content (AvgIpc) is 2.49. The Labute approximate surface area is 132 Å². The predicted octanol–water partition coefficient (Wildman–Crippen LogP) is 2.88. The molecule has 22 heavy (non-hydrogen) atoms. The van der Waals surface area contributed by atoms with Gasteiger partial charge in [-0.05, 0) is 64.0 Å². The van der Waals surface area contributed by atoms with E-state index in [2.05, 4.69) is 39.5 Å². The number of nitrogens with one attached hydrogen (secondary N) is 1. The van der Waals surface area contributed by atoms with Gasteiger partial charge in [0.25, 0.3) is 0 Å². The normalized spacial score (nSPS) is 25.5. The van der Waals surface area contributed by atoms with Crippen LogP contribution >= 0.6 is 0 Å². The molecule has 2 N–H and O–H groups in total. The molecule has 0 unspecified atom stereocenters. The highest BCUT2D eigenvalue weighted by Crippen LogP contribution is 2.31. The molecule has 1 fully saturated rings. The maximum Gasteiger partial charge on any atom is 0.0775 e. The van der Waals surface area contributed by atoms with Gasteiger partial charge in [0, 0.05) is 29.9 Å². The molecule has 0 radical (unpaired) electrons. The van der Waals surface area contributed by atoms with Crippen LogP contribution in [0.4, 0.5) is 5.69 Å². The Bertz CT molecular complexity index is 633. The number of benzene rings is 1. The molecule has 0 aliphatic heterocycles. The number of nitrogens with zero attached hydrogens (tertiary/aromatic N) is 2. The molecular weight excluding hydrogens is 274 g/mol. The maximum absolute atomic E-state index is 10.6. The van der Waals surface area contributed by atoms with E-state index in [1.165, 1.54) is 0 Å². The molecule has 2 aromatic rings. The minimum atomic E-state index is -0.519. The summed E-state index contributed by atoms with van der Waals surface area (Å²) in [7, 11) is 4.04. The van der Waals surface area contributed by atoms with Crippen LogP contribution in [0.2, 0.25) is 0 Å². The molecule has 1 aromatic carbocycles. The lowest BCUT2D eigenvalue weighted by atomic mass is 9.82. The predicted molar refractivity (Wildman–Crippen MR) is 91.1 cm³/mol. The van der Waals surface area contributed by atoms with E-state index in [4.69, 9.17) is 0 Å². The van der Waals surface area contributed by atoms with Crippen molar-refractivity contribution in [2.75, 3.05) is 26.0 Å². The van der Waals surface area contributed by atoms with Gasteiger partial charge in [-0.2, -0.15) is 0 Å². The number of hydrogen-bond acceptors (Lipinski definition) is 4. The number of pyridine rings is 1. The number of fused-ring (bicyclic) bond motifs is 1. The molecule has 1 heterocycles. The maximum atomic E-state index is 10.6. The first-order chi connectivity index (χ1) is 10.5. The van der Waals surface area contributed by atoms with E-state index < -0.39 is 5.60 Å². The SMILES string of the molecule is CN(C)CC1(O)CCC(Nc2ccc3ncccc3c2)CC1. The summed E-state index contributed by atoms with van der Waals surface area (Å²) in [5.41, 5.74) is 1.65. The third-order valence-electron chi connectivity index (χ3n) is 4.50. The lowest BCUT2D eigenvalue weighted by Gasteiger charge is -2.38. The van der Waals surface area contributed by atoms with Gasteiger partial charge in [-0.25, -0.2) is 0 Å². The zero-order valence-corrected chi connectivity index (χ0v) is 13.4. The Hall–Kier alpha value is -1.65. The highest BCUT2D eigenvalue weighted by Gasteiger charge is 2.33. The molecule has 0 saturated heterocycles. The second-order valence-corrected chi connectivity index (χ2v) is 6.79. The van der Waals surface area contributed by atoms with E-state index in [0.717, 1.165) is 48.8 Å². The van der Waals surface area contributed by atoms with Gasteiger partial charge in [0.2, 0.25) is 0 Å². The van der Waals surface area contributed by atoms with Crippen molar-refractivity contribution in [3.05, 3.63) is 36.5 Å². The van der Waals surface area contributed by atoms with E-state index >= 15 is 0 Å². The van der Waals surface area contributed by atoms with Crippen molar-refractivity contribution in [2.45, 2.75) is 37.3 Å². The van der Waals surface area contributed by atoms with E-state index in [0.29, 0.717) is 6.04 Å². The number of anilines is 1. The first kappa shape index (κ1) is 15.3. The molecule has 0 atom stereocenters. The third-order valence-corrected chi connectivity index (χ3v) is 4.50. The van der Waals surface area contributed by atoms with Crippen molar-refractivity contribution in [1.29, 1.82) is 0 Å². The Balaban J connectivity index is 1.62. The summed E-state index contributed by atoms with van der Waals surface area (Å²) in [5.74, 6) is 0. The van der Waals surface area contributed by atoms with Crippen LogP contribution in [-0.4, -0.2) is 47.3 Å². The lowest BCUT2D eigenvalue weighted by Crippen LogP contribution is -2.45. The van der Waals surface area contributed by atoms with Crippen molar-refractivity contribution in [3.8, 4) is 0 Å². The van der Waals surface area contributed by atoms with Gasteiger partial charge in [0.1, 0.15) is 0 Å². The summed E-state index contributed by atoms with van der Waals surface area (Å²) in [4.78, 5) is 6.42. The molecule has 4 heteroatoms. The molecule has 1 aromatic heterocycles. The number of hydrogen-bond donors (Lipinski definition) is 2. The van der Waals surface area contributed by atoms with E-state index in [-0.39, 0.29) is 0 Å². The fraction of sp³-hybridized carbons (Fsp3) is 0.500. The van der Waals surface area contributed by atoms with Crippen molar-refractivity contribution in [2.24, 2.45) is 0 Å². The van der Waals surface area contributed by atoms with E-state index in [1.54, 1.807) is 0 Å². The minimum absolute atomic E-state index is 0.441. The van der Waals surface area contributed by atoms with Gasteiger partial charge in [-0.15, -0.1) is 0 Å². The molecule has 0 spiro atoms. The third kappa shape index (κ3) is 3.57. The molecule has 1 aliphatic rings. The van der Waals surface area contributed by atoms with Crippen LogP contribution < -0.4 is 5.32 Å². The molecular formula is C18H25N3O. The van der Waals surface area contributed by atoms with Crippen LogP contribution in [0.5, 0.6) is 0 Å². The second-order valence-electron chi connectivity index (χ2n) is 6.79. The quantitative estimate of drug-likeness (QED) is 0.911. The largest absolute Gasteiger partial charge is 0.389 e. The summed E-state index contributed by atoms with van der Waals surface area (Å²) >= 11 is 0. The fourth-order valence-corrected chi connectivity index (χ4v) is 3.45. The van der Waals surface area contributed by atoms with Crippen molar-refractivity contribution < 1.29 is 5.11 Å². The molecule has 118 valence electrons. The van der Waals surface area contributed by atoms with Crippen LogP contribution in [0.3, 0.4) is 0 Å². The van der Waals surface area contributed by atoms with Crippen LogP contribution in [0.1, 0.15) is 25.7 Å². The molecule has 0 amide bonds. The molecule has 1 aliphatic carbocycles. The Morgan fingerprint density at radius 2 is 2.05 bits per heavy atom. The fourth-order valence-electron chi connectivity index (χ4n) is 3.45. The molecule has 0 bridgehead atoms. The van der Waals surface area contributed by atoms with Crippen LogP contribution in [0, 0.1) is 0 Å². The van der Waals surface area contributed by atoms with Gasteiger partial charge >= 0.3 is 0 Å². The summed E-state index contributed by atoms with van der Waals surface area (Å²) in [5, 5.41) is 15.4. The highest BCUT2D eigenvalue weighted by molar-refractivity contribution is 5.82. The van der Waals surface area contributed by atoms with Gasteiger partial charge in [-0.1, -0.05) is 6.07 Å². The minimum Gasteiger partial charge on any atom is -0.389 e. The number of aromatic nitrogens is 1. The van der Waals surface area contributed by atoms with Gasteiger partial charge in [-0.3, -0.25) is 4.98 Å². The standard InChI is InChI=1S/C18H25N3O/c1-21(2)13-18(22)9-7-15(8-10-18)20-16-5-6-17-14(12-16)4-3-11-19-17/h3-6,11-12,15,20,22H,7-10,13H2,1-2H3. The van der Waals surface area contributed by atoms with Gasteiger partial charge in [0.15, 0.2) is 0 Å². The monoisotopic (exact) mass is 299 g/mol. The van der Waals surface area contributed by atoms with Crippen LogP contribution in [0.25, 0.3) is 10.9 Å². The summed E-state index contributed by atoms with van der Waals surface area (Å²) in [6.45, 7) is 0.751. The first-order valence-corrected chi connectivity index (χ1v) is 8.03. The number of rotatable bonds is 4. The van der Waals surface area contributed by atoms with Gasteiger partial charge < -0.3 is 15.3 Å². The topological polar surface area (TPSA) is 48.4 Å². The average molecular weight is 299 g/mol. The zero-order valence-electron chi connectivity index (χ0n) is 13.4. The lowest BCUT2D eigenvalue weighted by molar-refractivity contribution is -0.0183. The van der Waals surface area contributed by atoms with Crippen LogP contribution in [0.15, 0.2) is 36.5 Å².